The third kappa shape index (κ3) is 2.38. The van der Waals surface area contributed by atoms with Gasteiger partial charge in [0.1, 0.15) is 0 Å². The van der Waals surface area contributed by atoms with Gasteiger partial charge in [-0.2, -0.15) is 0 Å². The molecular formula is C13H14N2O. The number of H-pyrrole nitrogens is 1. The molecule has 16 heavy (non-hydrogen) atoms. The molecule has 1 aromatic carbocycles. The van der Waals surface area contributed by atoms with Crippen LogP contribution >= 0.6 is 0 Å². The number of aromatic amines is 1. The molecule has 3 nitrogen and oxygen atoms in total. The van der Waals surface area contributed by atoms with Crippen molar-refractivity contribution in [1.29, 1.82) is 0 Å². The molecule has 1 heterocycles. The van der Waals surface area contributed by atoms with Gasteiger partial charge in [0.15, 0.2) is 0 Å². The number of benzene rings is 1. The van der Waals surface area contributed by atoms with Crippen LogP contribution in [-0.2, 0) is 6.42 Å². The summed E-state index contributed by atoms with van der Waals surface area (Å²) in [5, 5.41) is 0. The standard InChI is InChI=1S/C13H14N2O/c14-7-5-10-1-3-11(4-2-10)12-6-8-15-13(16)9-12/h1-4,6,8-9H,5,7,14H2,(H,15,16). The van der Waals surface area contributed by atoms with E-state index in [1.165, 1.54) is 5.56 Å². The molecule has 0 radical (unpaired) electrons. The maximum Gasteiger partial charge on any atom is 0.248 e. The highest BCUT2D eigenvalue weighted by Gasteiger charge is 1.98. The van der Waals surface area contributed by atoms with Crippen LogP contribution in [0.5, 0.6) is 0 Å². The first-order valence-electron chi connectivity index (χ1n) is 5.28. The molecule has 0 unspecified atom stereocenters. The van der Waals surface area contributed by atoms with E-state index < -0.39 is 0 Å². The molecule has 0 bridgehead atoms. The SMILES string of the molecule is NCCc1ccc(-c2cc[nH]c(=O)c2)cc1. The molecule has 2 rings (SSSR count). The number of hydrogen-bond acceptors (Lipinski definition) is 2. The molecular weight excluding hydrogens is 200 g/mol. The Balaban J connectivity index is 2.31. The summed E-state index contributed by atoms with van der Waals surface area (Å²) in [6.45, 7) is 0.657. The third-order valence-electron chi connectivity index (χ3n) is 2.50. The van der Waals surface area contributed by atoms with Crippen LogP contribution < -0.4 is 11.3 Å². The van der Waals surface area contributed by atoms with E-state index in [0.717, 1.165) is 17.5 Å². The zero-order chi connectivity index (χ0) is 11.4. The molecule has 0 atom stereocenters. The van der Waals surface area contributed by atoms with Crippen LogP contribution in [0.1, 0.15) is 5.56 Å². The molecule has 82 valence electrons. The molecule has 3 N–H and O–H groups in total. The minimum atomic E-state index is -0.0801. The zero-order valence-electron chi connectivity index (χ0n) is 8.94. The lowest BCUT2D eigenvalue weighted by Gasteiger charge is -2.02. The van der Waals surface area contributed by atoms with Gasteiger partial charge < -0.3 is 10.7 Å². The van der Waals surface area contributed by atoms with Crippen molar-refractivity contribution in [2.45, 2.75) is 6.42 Å². The average Bonchev–Trinajstić information content (AvgIpc) is 2.30. The van der Waals surface area contributed by atoms with Crippen LogP contribution in [0.15, 0.2) is 47.4 Å². The first kappa shape index (κ1) is 10.6. The van der Waals surface area contributed by atoms with Gasteiger partial charge in [0.05, 0.1) is 0 Å². The molecule has 3 heteroatoms. The van der Waals surface area contributed by atoms with Crippen molar-refractivity contribution < 1.29 is 0 Å². The summed E-state index contributed by atoms with van der Waals surface area (Å²) in [6, 6.07) is 11.6. The van der Waals surface area contributed by atoms with Crippen LogP contribution in [0.3, 0.4) is 0 Å². The molecule has 0 fully saturated rings. The number of rotatable bonds is 3. The van der Waals surface area contributed by atoms with Gasteiger partial charge in [0.2, 0.25) is 5.56 Å². The summed E-state index contributed by atoms with van der Waals surface area (Å²) in [6.07, 6.45) is 2.54. The highest BCUT2D eigenvalue weighted by atomic mass is 16.1. The lowest BCUT2D eigenvalue weighted by atomic mass is 10.0. The predicted molar refractivity (Wildman–Crippen MR) is 65.3 cm³/mol. The lowest BCUT2D eigenvalue weighted by molar-refractivity contribution is 0.969. The predicted octanol–water partition coefficient (Wildman–Crippen LogP) is 1.54. The second kappa shape index (κ2) is 4.77. The molecule has 0 spiro atoms. The molecule has 0 aliphatic carbocycles. The van der Waals surface area contributed by atoms with Crippen LogP contribution in [0, 0.1) is 0 Å². The van der Waals surface area contributed by atoms with Gasteiger partial charge in [-0.05, 0) is 35.7 Å². The topological polar surface area (TPSA) is 58.9 Å². The van der Waals surface area contributed by atoms with E-state index in [1.54, 1.807) is 12.3 Å². The van der Waals surface area contributed by atoms with Crippen LogP contribution in [0.2, 0.25) is 0 Å². The number of aromatic nitrogens is 1. The summed E-state index contributed by atoms with van der Waals surface area (Å²) in [5.74, 6) is 0. The second-order valence-corrected chi connectivity index (χ2v) is 3.68. The van der Waals surface area contributed by atoms with Crippen molar-refractivity contribution in [2.75, 3.05) is 6.54 Å². The van der Waals surface area contributed by atoms with Gasteiger partial charge in [-0.25, -0.2) is 0 Å². The van der Waals surface area contributed by atoms with E-state index in [1.807, 2.05) is 30.3 Å². The average molecular weight is 214 g/mol. The quantitative estimate of drug-likeness (QED) is 0.814. The molecule has 0 aliphatic heterocycles. The Labute approximate surface area is 93.9 Å². The number of nitrogens with two attached hydrogens (primary N) is 1. The summed E-state index contributed by atoms with van der Waals surface area (Å²) < 4.78 is 0. The van der Waals surface area contributed by atoms with Gasteiger partial charge in [-0.1, -0.05) is 24.3 Å². The Hall–Kier alpha value is -1.87. The van der Waals surface area contributed by atoms with Crippen molar-refractivity contribution in [3.8, 4) is 11.1 Å². The van der Waals surface area contributed by atoms with Gasteiger partial charge in [-0.3, -0.25) is 4.79 Å². The van der Waals surface area contributed by atoms with Crippen molar-refractivity contribution >= 4 is 0 Å². The van der Waals surface area contributed by atoms with Gasteiger partial charge >= 0.3 is 0 Å². The fraction of sp³-hybridized carbons (Fsp3) is 0.154. The van der Waals surface area contributed by atoms with E-state index in [0.29, 0.717) is 6.54 Å². The Morgan fingerprint density at radius 2 is 1.81 bits per heavy atom. The molecule has 2 aromatic rings. The van der Waals surface area contributed by atoms with E-state index in [-0.39, 0.29) is 5.56 Å². The number of pyridine rings is 1. The molecule has 0 aliphatic rings. The van der Waals surface area contributed by atoms with Crippen LogP contribution in [0.25, 0.3) is 11.1 Å². The first-order chi connectivity index (χ1) is 7.79. The van der Waals surface area contributed by atoms with E-state index in [9.17, 15) is 4.79 Å². The van der Waals surface area contributed by atoms with Gasteiger partial charge in [-0.15, -0.1) is 0 Å². The van der Waals surface area contributed by atoms with E-state index >= 15 is 0 Å². The minimum Gasteiger partial charge on any atom is -0.330 e. The van der Waals surface area contributed by atoms with Crippen molar-refractivity contribution in [2.24, 2.45) is 5.73 Å². The number of hydrogen-bond donors (Lipinski definition) is 2. The largest absolute Gasteiger partial charge is 0.330 e. The highest BCUT2D eigenvalue weighted by molar-refractivity contribution is 5.62. The van der Waals surface area contributed by atoms with Gasteiger partial charge in [0, 0.05) is 12.3 Å². The Kier molecular flexibility index (Phi) is 3.17. The molecule has 1 aromatic heterocycles. The molecule has 0 amide bonds. The van der Waals surface area contributed by atoms with Gasteiger partial charge in [0.25, 0.3) is 0 Å². The Morgan fingerprint density at radius 3 is 2.44 bits per heavy atom. The van der Waals surface area contributed by atoms with Crippen molar-refractivity contribution in [1.82, 2.24) is 4.98 Å². The normalized spacial score (nSPS) is 10.3. The lowest BCUT2D eigenvalue weighted by Crippen LogP contribution is -2.03. The summed E-state index contributed by atoms with van der Waals surface area (Å²) in [7, 11) is 0. The fourth-order valence-electron chi connectivity index (χ4n) is 1.65. The maximum atomic E-state index is 11.2. The molecule has 0 saturated heterocycles. The smallest absolute Gasteiger partial charge is 0.248 e. The zero-order valence-corrected chi connectivity index (χ0v) is 8.94. The van der Waals surface area contributed by atoms with E-state index in [2.05, 4.69) is 4.98 Å². The summed E-state index contributed by atoms with van der Waals surface area (Å²) >= 11 is 0. The fourth-order valence-corrected chi connectivity index (χ4v) is 1.65. The monoisotopic (exact) mass is 214 g/mol. The van der Waals surface area contributed by atoms with E-state index in [4.69, 9.17) is 5.73 Å². The highest BCUT2D eigenvalue weighted by Crippen LogP contribution is 2.17. The number of nitrogens with one attached hydrogen (secondary N) is 1. The summed E-state index contributed by atoms with van der Waals surface area (Å²) in [4.78, 5) is 13.8. The van der Waals surface area contributed by atoms with Crippen molar-refractivity contribution in [3.05, 3.63) is 58.5 Å². The second-order valence-electron chi connectivity index (χ2n) is 3.68. The summed E-state index contributed by atoms with van der Waals surface area (Å²) in [5.41, 5.74) is 8.60. The van der Waals surface area contributed by atoms with Crippen LogP contribution in [-0.4, -0.2) is 11.5 Å². The third-order valence-corrected chi connectivity index (χ3v) is 2.50. The molecule has 0 saturated carbocycles. The maximum absolute atomic E-state index is 11.2. The Morgan fingerprint density at radius 1 is 1.06 bits per heavy atom. The van der Waals surface area contributed by atoms with Crippen molar-refractivity contribution in [3.63, 3.8) is 0 Å². The first-order valence-corrected chi connectivity index (χ1v) is 5.28. The Bertz CT molecular complexity index is 514. The van der Waals surface area contributed by atoms with Crippen LogP contribution in [0.4, 0.5) is 0 Å². The minimum absolute atomic E-state index is 0.0801.